The van der Waals surface area contributed by atoms with Gasteiger partial charge in [0.05, 0.1) is 17.9 Å². The van der Waals surface area contributed by atoms with E-state index in [2.05, 4.69) is 5.32 Å². The van der Waals surface area contributed by atoms with Crippen molar-refractivity contribution in [3.8, 4) is 5.75 Å². The summed E-state index contributed by atoms with van der Waals surface area (Å²) < 4.78 is 0. The molecule has 0 saturated heterocycles. The van der Waals surface area contributed by atoms with Crippen LogP contribution in [0.2, 0.25) is 0 Å². The fraction of sp³-hybridized carbons (Fsp3) is 0.417. The molecule has 5 heteroatoms. The molecule has 17 heavy (non-hydrogen) atoms. The summed E-state index contributed by atoms with van der Waals surface area (Å²) in [5.74, 6) is 0.0465. The van der Waals surface area contributed by atoms with Gasteiger partial charge in [0.2, 0.25) is 5.91 Å². The third-order valence-corrected chi connectivity index (χ3v) is 2.53. The predicted octanol–water partition coefficient (Wildman–Crippen LogP) is 0.888. The monoisotopic (exact) mass is 235 g/mol. The number of rotatable bonds is 2. The van der Waals surface area contributed by atoms with Crippen molar-refractivity contribution < 1.29 is 9.90 Å². The first-order chi connectivity index (χ1) is 7.85. The molecular weight excluding hydrogens is 218 g/mol. The minimum atomic E-state index is -0.382. The first-order valence-corrected chi connectivity index (χ1v) is 5.52. The summed E-state index contributed by atoms with van der Waals surface area (Å²) in [6, 6.07) is 4.94. The van der Waals surface area contributed by atoms with Gasteiger partial charge in [-0.3, -0.25) is 4.79 Å². The smallest absolute Gasteiger partial charge is 0.243 e. The molecule has 0 aliphatic carbocycles. The maximum Gasteiger partial charge on any atom is 0.243 e. The number of aromatic hydroxyl groups is 1. The normalized spacial score (nSPS) is 15.5. The van der Waals surface area contributed by atoms with Gasteiger partial charge in [0.25, 0.3) is 0 Å². The van der Waals surface area contributed by atoms with Crippen molar-refractivity contribution >= 4 is 17.3 Å². The number of nitrogens with one attached hydrogen (secondary N) is 1. The molecule has 0 aromatic heterocycles. The van der Waals surface area contributed by atoms with Crippen molar-refractivity contribution in [2.45, 2.75) is 19.4 Å². The van der Waals surface area contributed by atoms with E-state index in [1.54, 1.807) is 18.2 Å². The second-order valence-electron chi connectivity index (χ2n) is 5.09. The van der Waals surface area contributed by atoms with E-state index in [0.29, 0.717) is 18.8 Å². The summed E-state index contributed by atoms with van der Waals surface area (Å²) in [4.78, 5) is 13.5. The molecule has 1 aliphatic rings. The van der Waals surface area contributed by atoms with E-state index in [1.807, 2.05) is 18.7 Å². The van der Waals surface area contributed by atoms with Gasteiger partial charge in [-0.1, -0.05) is 0 Å². The molecule has 0 saturated carbocycles. The number of hydrogen-bond acceptors (Lipinski definition) is 4. The van der Waals surface area contributed by atoms with Gasteiger partial charge in [-0.05, 0) is 26.0 Å². The van der Waals surface area contributed by atoms with Crippen LogP contribution in [0.25, 0.3) is 0 Å². The lowest BCUT2D eigenvalue weighted by atomic mass is 10.0. The zero-order valence-corrected chi connectivity index (χ0v) is 10.0. The fourth-order valence-electron chi connectivity index (χ4n) is 1.98. The third-order valence-electron chi connectivity index (χ3n) is 2.53. The van der Waals surface area contributed by atoms with E-state index in [9.17, 15) is 9.90 Å². The van der Waals surface area contributed by atoms with Gasteiger partial charge >= 0.3 is 0 Å². The SMILES string of the molecule is CC(C)(N)CN1CC(=O)Nc2cc(O)ccc21. The summed E-state index contributed by atoms with van der Waals surface area (Å²) in [6.45, 7) is 4.70. The van der Waals surface area contributed by atoms with Crippen molar-refractivity contribution in [1.82, 2.24) is 0 Å². The van der Waals surface area contributed by atoms with Crippen molar-refractivity contribution in [1.29, 1.82) is 0 Å². The Morgan fingerprint density at radius 2 is 2.24 bits per heavy atom. The topological polar surface area (TPSA) is 78.6 Å². The number of phenolic OH excluding ortho intramolecular Hbond substituents is 1. The fourth-order valence-corrected chi connectivity index (χ4v) is 1.98. The Balaban J connectivity index is 2.34. The van der Waals surface area contributed by atoms with E-state index in [1.165, 1.54) is 0 Å². The molecule has 1 aromatic carbocycles. The summed E-state index contributed by atoms with van der Waals surface area (Å²) in [5, 5.41) is 12.1. The third kappa shape index (κ3) is 2.68. The van der Waals surface area contributed by atoms with Gasteiger partial charge in [0.15, 0.2) is 0 Å². The van der Waals surface area contributed by atoms with Crippen LogP contribution in [0, 0.1) is 0 Å². The van der Waals surface area contributed by atoms with Crippen molar-refractivity contribution in [2.24, 2.45) is 5.73 Å². The number of nitrogens with zero attached hydrogens (tertiary/aromatic N) is 1. The molecule has 0 unspecified atom stereocenters. The van der Waals surface area contributed by atoms with Gasteiger partial charge in [0.1, 0.15) is 5.75 Å². The first kappa shape index (κ1) is 11.7. The van der Waals surface area contributed by atoms with Crippen LogP contribution in [0.4, 0.5) is 11.4 Å². The predicted molar refractivity (Wildman–Crippen MR) is 67.2 cm³/mol. The Labute approximate surface area is 100 Å². The van der Waals surface area contributed by atoms with Gasteiger partial charge < -0.3 is 21.1 Å². The van der Waals surface area contributed by atoms with E-state index >= 15 is 0 Å². The molecule has 0 fully saturated rings. The molecule has 5 nitrogen and oxygen atoms in total. The maximum absolute atomic E-state index is 11.6. The minimum Gasteiger partial charge on any atom is -0.508 e. The number of hydrogen-bond donors (Lipinski definition) is 3. The highest BCUT2D eigenvalue weighted by Crippen LogP contribution is 2.32. The summed E-state index contributed by atoms with van der Waals surface area (Å²) in [5.41, 5.74) is 7.11. The number of benzene rings is 1. The molecule has 1 heterocycles. The minimum absolute atomic E-state index is 0.0904. The molecule has 4 N–H and O–H groups in total. The summed E-state index contributed by atoms with van der Waals surface area (Å²) in [7, 11) is 0. The average Bonchev–Trinajstić information content (AvgIpc) is 2.13. The van der Waals surface area contributed by atoms with Crippen molar-refractivity contribution in [3.05, 3.63) is 18.2 Å². The Hall–Kier alpha value is -1.75. The number of carbonyl (C=O) groups is 1. The lowest BCUT2D eigenvalue weighted by molar-refractivity contribution is -0.115. The van der Waals surface area contributed by atoms with Crippen LogP contribution in [0.5, 0.6) is 5.75 Å². The lowest BCUT2D eigenvalue weighted by Crippen LogP contribution is -2.49. The van der Waals surface area contributed by atoms with Crippen molar-refractivity contribution in [3.63, 3.8) is 0 Å². The highest BCUT2D eigenvalue weighted by molar-refractivity contribution is 6.01. The zero-order chi connectivity index (χ0) is 12.6. The summed E-state index contributed by atoms with van der Waals surface area (Å²) >= 11 is 0. The number of carbonyl (C=O) groups excluding carboxylic acids is 1. The largest absolute Gasteiger partial charge is 0.508 e. The molecule has 0 atom stereocenters. The zero-order valence-electron chi connectivity index (χ0n) is 10.0. The quantitative estimate of drug-likeness (QED) is 0.711. The van der Waals surface area contributed by atoms with Crippen LogP contribution in [-0.2, 0) is 4.79 Å². The van der Waals surface area contributed by atoms with E-state index in [-0.39, 0.29) is 17.2 Å². The number of amides is 1. The van der Waals surface area contributed by atoms with Crippen LogP contribution >= 0.6 is 0 Å². The average molecular weight is 235 g/mol. The van der Waals surface area contributed by atoms with Gasteiger partial charge in [-0.2, -0.15) is 0 Å². The second kappa shape index (κ2) is 3.92. The summed E-state index contributed by atoms with van der Waals surface area (Å²) in [6.07, 6.45) is 0. The Bertz CT molecular complexity index is 452. The van der Waals surface area contributed by atoms with Crippen LogP contribution in [0.3, 0.4) is 0 Å². The molecule has 2 rings (SSSR count). The standard InChI is InChI=1S/C12H17N3O2/c1-12(2,13)7-15-6-11(17)14-9-5-8(16)3-4-10(9)15/h3-5,16H,6-7,13H2,1-2H3,(H,14,17). The molecule has 0 bridgehead atoms. The number of phenols is 1. The van der Waals surface area contributed by atoms with E-state index < -0.39 is 0 Å². The Morgan fingerprint density at radius 1 is 1.53 bits per heavy atom. The van der Waals surface area contributed by atoms with Crippen LogP contribution in [0.15, 0.2) is 18.2 Å². The molecule has 0 spiro atoms. The molecule has 1 aliphatic heterocycles. The first-order valence-electron chi connectivity index (χ1n) is 5.52. The van der Waals surface area contributed by atoms with Gasteiger partial charge in [-0.25, -0.2) is 0 Å². The van der Waals surface area contributed by atoms with E-state index in [4.69, 9.17) is 5.73 Å². The van der Waals surface area contributed by atoms with Crippen LogP contribution in [0.1, 0.15) is 13.8 Å². The number of nitrogens with two attached hydrogens (primary N) is 1. The van der Waals surface area contributed by atoms with Gasteiger partial charge in [0, 0.05) is 18.2 Å². The molecule has 92 valence electrons. The molecule has 0 radical (unpaired) electrons. The van der Waals surface area contributed by atoms with E-state index in [0.717, 1.165) is 5.69 Å². The number of anilines is 2. The number of fused-ring (bicyclic) bond motifs is 1. The molecule has 1 amide bonds. The lowest BCUT2D eigenvalue weighted by Gasteiger charge is -2.35. The van der Waals surface area contributed by atoms with Crippen LogP contribution in [-0.4, -0.2) is 29.6 Å². The Morgan fingerprint density at radius 3 is 2.88 bits per heavy atom. The maximum atomic E-state index is 11.6. The molecule has 1 aromatic rings. The highest BCUT2D eigenvalue weighted by Gasteiger charge is 2.25. The second-order valence-corrected chi connectivity index (χ2v) is 5.09. The highest BCUT2D eigenvalue weighted by atomic mass is 16.3. The van der Waals surface area contributed by atoms with Crippen LogP contribution < -0.4 is 16.0 Å². The Kier molecular flexibility index (Phi) is 2.71. The van der Waals surface area contributed by atoms with Crippen molar-refractivity contribution in [2.75, 3.05) is 23.3 Å². The molecular formula is C12H17N3O2. The van der Waals surface area contributed by atoms with Gasteiger partial charge in [-0.15, -0.1) is 0 Å².